The first kappa shape index (κ1) is 18.5. The van der Waals surface area contributed by atoms with Crippen molar-refractivity contribution in [2.75, 3.05) is 19.6 Å². The van der Waals surface area contributed by atoms with Crippen molar-refractivity contribution in [1.82, 2.24) is 20.2 Å². The number of amides is 2. The van der Waals surface area contributed by atoms with Crippen LogP contribution in [0.1, 0.15) is 53.2 Å². The largest absolute Gasteiger partial charge is 0.356 e. The summed E-state index contributed by atoms with van der Waals surface area (Å²) < 4.78 is 0. The zero-order valence-electron chi connectivity index (χ0n) is 15.0. The molecule has 7 heteroatoms. The Kier molecular flexibility index (Phi) is 6.33. The molecule has 2 aromatic rings. The summed E-state index contributed by atoms with van der Waals surface area (Å²) in [6, 6.07) is 3.52. The Morgan fingerprint density at radius 2 is 2.15 bits per heavy atom. The number of pyridine rings is 1. The van der Waals surface area contributed by atoms with Crippen molar-refractivity contribution in [3.05, 3.63) is 46.2 Å². The van der Waals surface area contributed by atoms with Crippen molar-refractivity contribution >= 4 is 23.2 Å². The van der Waals surface area contributed by atoms with Gasteiger partial charge in [-0.05, 0) is 25.0 Å². The predicted molar refractivity (Wildman–Crippen MR) is 101 cm³/mol. The van der Waals surface area contributed by atoms with Gasteiger partial charge < -0.3 is 10.2 Å². The van der Waals surface area contributed by atoms with Gasteiger partial charge in [0, 0.05) is 61.7 Å². The van der Waals surface area contributed by atoms with Gasteiger partial charge in [-0.15, -0.1) is 11.3 Å². The van der Waals surface area contributed by atoms with E-state index >= 15 is 0 Å². The number of nitrogens with zero attached hydrogens (tertiary/aromatic N) is 3. The first-order valence-corrected chi connectivity index (χ1v) is 9.95. The fourth-order valence-corrected chi connectivity index (χ4v) is 4.10. The summed E-state index contributed by atoms with van der Waals surface area (Å²) in [4.78, 5) is 34.6. The van der Waals surface area contributed by atoms with Crippen LogP contribution in [0, 0.1) is 0 Å². The van der Waals surface area contributed by atoms with Crippen LogP contribution in [0.3, 0.4) is 0 Å². The topological polar surface area (TPSA) is 75.2 Å². The SMILES string of the molecule is CCC(=O)NCCc1csc([C@@H]2CCCN(C(=O)c3ccncc3)C2)n1. The van der Waals surface area contributed by atoms with E-state index in [1.54, 1.807) is 35.9 Å². The van der Waals surface area contributed by atoms with E-state index in [-0.39, 0.29) is 11.8 Å². The van der Waals surface area contributed by atoms with Gasteiger partial charge in [0.1, 0.15) is 0 Å². The number of carbonyl (C=O) groups is 2. The molecule has 1 aliphatic rings. The van der Waals surface area contributed by atoms with Crippen LogP contribution in [0.4, 0.5) is 0 Å². The highest BCUT2D eigenvalue weighted by Crippen LogP contribution is 2.30. The monoisotopic (exact) mass is 372 g/mol. The molecule has 2 amide bonds. The maximum absolute atomic E-state index is 12.7. The minimum Gasteiger partial charge on any atom is -0.356 e. The van der Waals surface area contributed by atoms with E-state index in [4.69, 9.17) is 4.98 Å². The van der Waals surface area contributed by atoms with E-state index in [0.717, 1.165) is 36.5 Å². The number of aromatic nitrogens is 2. The maximum Gasteiger partial charge on any atom is 0.253 e. The van der Waals surface area contributed by atoms with Crippen LogP contribution >= 0.6 is 11.3 Å². The Morgan fingerprint density at radius 3 is 2.92 bits per heavy atom. The lowest BCUT2D eigenvalue weighted by atomic mass is 9.98. The summed E-state index contributed by atoms with van der Waals surface area (Å²) in [5.41, 5.74) is 1.70. The van der Waals surface area contributed by atoms with Crippen LogP contribution in [0.25, 0.3) is 0 Å². The first-order chi connectivity index (χ1) is 12.7. The first-order valence-electron chi connectivity index (χ1n) is 9.07. The number of likely N-dealkylation sites (tertiary alicyclic amines) is 1. The van der Waals surface area contributed by atoms with Crippen LogP contribution in [0.15, 0.2) is 29.9 Å². The molecule has 26 heavy (non-hydrogen) atoms. The minimum absolute atomic E-state index is 0.0659. The molecule has 1 aliphatic heterocycles. The van der Waals surface area contributed by atoms with E-state index in [1.165, 1.54) is 0 Å². The molecule has 3 rings (SSSR count). The summed E-state index contributed by atoms with van der Waals surface area (Å²) in [5.74, 6) is 0.424. The molecule has 1 atom stereocenters. The number of hydrogen-bond donors (Lipinski definition) is 1. The summed E-state index contributed by atoms with van der Waals surface area (Å²) in [7, 11) is 0. The Hall–Kier alpha value is -2.28. The van der Waals surface area contributed by atoms with Crippen LogP contribution in [-0.4, -0.2) is 46.3 Å². The van der Waals surface area contributed by atoms with Gasteiger partial charge in [0.25, 0.3) is 5.91 Å². The van der Waals surface area contributed by atoms with Crippen molar-refractivity contribution < 1.29 is 9.59 Å². The number of hydrogen-bond acceptors (Lipinski definition) is 5. The maximum atomic E-state index is 12.7. The fraction of sp³-hybridized carbons (Fsp3) is 0.474. The van der Waals surface area contributed by atoms with Gasteiger partial charge in [-0.3, -0.25) is 14.6 Å². The second-order valence-electron chi connectivity index (χ2n) is 6.46. The number of rotatable bonds is 6. The summed E-state index contributed by atoms with van der Waals surface area (Å²) in [5, 5.41) is 6.04. The van der Waals surface area contributed by atoms with Gasteiger partial charge in [-0.1, -0.05) is 6.92 Å². The molecule has 0 saturated carbocycles. The van der Waals surface area contributed by atoms with E-state index in [0.29, 0.717) is 31.0 Å². The van der Waals surface area contributed by atoms with Crippen molar-refractivity contribution in [2.24, 2.45) is 0 Å². The molecule has 1 N–H and O–H groups in total. The summed E-state index contributed by atoms with van der Waals surface area (Å²) in [6.07, 6.45) is 6.60. The standard InChI is InChI=1S/C19H24N4O2S/c1-2-17(24)21-10-7-16-13-26-18(22-16)15-4-3-11-23(12-15)19(25)14-5-8-20-9-6-14/h5-6,8-9,13,15H,2-4,7,10-12H2,1H3,(H,21,24)/t15-/m1/s1. The third-order valence-electron chi connectivity index (χ3n) is 4.58. The normalized spacial score (nSPS) is 17.1. The molecule has 0 aromatic carbocycles. The van der Waals surface area contributed by atoms with E-state index < -0.39 is 0 Å². The summed E-state index contributed by atoms with van der Waals surface area (Å²) >= 11 is 1.66. The third-order valence-corrected chi connectivity index (χ3v) is 5.64. The molecule has 0 spiro atoms. The average Bonchev–Trinajstić information content (AvgIpc) is 3.17. The Bertz CT molecular complexity index is 747. The fourth-order valence-electron chi connectivity index (χ4n) is 3.12. The lowest BCUT2D eigenvalue weighted by Gasteiger charge is -2.31. The van der Waals surface area contributed by atoms with E-state index in [9.17, 15) is 9.59 Å². The van der Waals surface area contributed by atoms with Gasteiger partial charge in [0.05, 0.1) is 10.7 Å². The molecule has 2 aromatic heterocycles. The highest BCUT2D eigenvalue weighted by Gasteiger charge is 2.27. The van der Waals surface area contributed by atoms with Crippen LogP contribution in [0.2, 0.25) is 0 Å². The zero-order chi connectivity index (χ0) is 18.4. The molecule has 1 saturated heterocycles. The predicted octanol–water partition coefficient (Wildman–Crippen LogP) is 2.63. The van der Waals surface area contributed by atoms with Gasteiger partial charge >= 0.3 is 0 Å². The van der Waals surface area contributed by atoms with Crippen LogP contribution < -0.4 is 5.32 Å². The van der Waals surface area contributed by atoms with Gasteiger partial charge in [-0.25, -0.2) is 4.98 Å². The quantitative estimate of drug-likeness (QED) is 0.846. The van der Waals surface area contributed by atoms with Crippen molar-refractivity contribution in [1.29, 1.82) is 0 Å². The molecule has 1 fully saturated rings. The van der Waals surface area contributed by atoms with Gasteiger partial charge in [0.15, 0.2) is 0 Å². The number of thiazole rings is 1. The number of nitrogens with one attached hydrogen (secondary N) is 1. The smallest absolute Gasteiger partial charge is 0.253 e. The van der Waals surface area contributed by atoms with Gasteiger partial charge in [-0.2, -0.15) is 0 Å². The van der Waals surface area contributed by atoms with Crippen LogP contribution in [-0.2, 0) is 11.2 Å². The van der Waals surface area contributed by atoms with Crippen molar-refractivity contribution in [3.63, 3.8) is 0 Å². The number of piperidine rings is 1. The Morgan fingerprint density at radius 1 is 1.35 bits per heavy atom. The van der Waals surface area contributed by atoms with E-state index in [2.05, 4.69) is 15.7 Å². The van der Waals surface area contributed by atoms with E-state index in [1.807, 2.05) is 11.8 Å². The molecule has 138 valence electrons. The lowest BCUT2D eigenvalue weighted by molar-refractivity contribution is -0.120. The molecular formula is C19H24N4O2S. The highest BCUT2D eigenvalue weighted by molar-refractivity contribution is 7.09. The Balaban J connectivity index is 1.58. The molecule has 0 bridgehead atoms. The minimum atomic E-state index is 0.0659. The molecule has 6 nitrogen and oxygen atoms in total. The molecule has 0 aliphatic carbocycles. The molecule has 0 radical (unpaired) electrons. The zero-order valence-corrected chi connectivity index (χ0v) is 15.8. The third kappa shape index (κ3) is 4.66. The van der Waals surface area contributed by atoms with Gasteiger partial charge in [0.2, 0.25) is 5.91 Å². The number of carbonyl (C=O) groups excluding carboxylic acids is 2. The average molecular weight is 372 g/mol. The molecular weight excluding hydrogens is 348 g/mol. The second-order valence-corrected chi connectivity index (χ2v) is 7.35. The highest BCUT2D eigenvalue weighted by atomic mass is 32.1. The van der Waals surface area contributed by atoms with Crippen molar-refractivity contribution in [3.8, 4) is 0 Å². The lowest BCUT2D eigenvalue weighted by Crippen LogP contribution is -2.39. The summed E-state index contributed by atoms with van der Waals surface area (Å²) in [6.45, 7) is 3.96. The molecule has 3 heterocycles. The Labute approximate surface area is 157 Å². The second kappa shape index (κ2) is 8.89. The molecule has 0 unspecified atom stereocenters. The van der Waals surface area contributed by atoms with Crippen molar-refractivity contribution in [2.45, 2.75) is 38.5 Å². The van der Waals surface area contributed by atoms with Crippen LogP contribution in [0.5, 0.6) is 0 Å².